The van der Waals surface area contributed by atoms with Gasteiger partial charge in [-0.3, -0.25) is 19.2 Å². The summed E-state index contributed by atoms with van der Waals surface area (Å²) in [6, 6.07) is 13.6. The zero-order valence-corrected chi connectivity index (χ0v) is 22.9. The highest BCUT2D eigenvalue weighted by Gasteiger charge is 2.68. The maximum Gasteiger partial charge on any atom is 0.423 e. The van der Waals surface area contributed by atoms with Gasteiger partial charge >= 0.3 is 6.09 Å². The monoisotopic (exact) mass is 558 g/mol. The molecule has 3 fully saturated rings. The predicted molar refractivity (Wildman–Crippen MR) is 145 cm³/mol. The van der Waals surface area contributed by atoms with Crippen LogP contribution in [0.3, 0.4) is 0 Å². The molecule has 2 aliphatic carbocycles. The average Bonchev–Trinajstić information content (AvgIpc) is 3.34. The number of nitrogens with zero attached hydrogens (tertiary/aromatic N) is 2. The highest BCUT2D eigenvalue weighted by atomic mass is 16.5. The number of fused-ring (bicyclic) bond motifs is 4. The van der Waals surface area contributed by atoms with E-state index in [4.69, 9.17) is 9.47 Å². The van der Waals surface area contributed by atoms with E-state index in [1.54, 1.807) is 56.3 Å². The highest BCUT2D eigenvalue weighted by Crippen LogP contribution is 2.63. The normalized spacial score (nSPS) is 30.5. The smallest absolute Gasteiger partial charge is 0.423 e. The van der Waals surface area contributed by atoms with Gasteiger partial charge in [-0.15, -0.1) is 0 Å². The standard InChI is InChI=1S/C31H30N2O8/c1-4-41-23-14-16(10-13-22(23)34)25-18-11-12-19-24(28(37)33(26(19)35)30(39)40-3)20(18)15-21-27(36)32(29(38)31(21,25)2)17-8-6-5-7-9-17/h5-11,13-14,19-21,24-25,34H,4,12,15H2,1-3H3/t19-,20+,21-,24-,25-,31+/m0/s1. The van der Waals surface area contributed by atoms with Crippen LogP contribution in [0, 0.1) is 29.1 Å². The second-order valence-electron chi connectivity index (χ2n) is 11.1. The second-order valence-corrected chi connectivity index (χ2v) is 11.1. The minimum atomic E-state index is -1.23. The number of hydrogen-bond donors (Lipinski definition) is 1. The number of anilines is 1. The maximum atomic E-state index is 14.3. The molecule has 1 N–H and O–H groups in total. The number of carbonyl (C=O) groups excluding carboxylic acids is 5. The van der Waals surface area contributed by atoms with Gasteiger partial charge in [-0.25, -0.2) is 9.69 Å². The zero-order valence-electron chi connectivity index (χ0n) is 22.9. The number of benzene rings is 2. The third-order valence-corrected chi connectivity index (χ3v) is 9.26. The Morgan fingerprint density at radius 1 is 1.02 bits per heavy atom. The van der Waals surface area contributed by atoms with Gasteiger partial charge in [-0.1, -0.05) is 35.9 Å². The lowest BCUT2D eigenvalue weighted by Gasteiger charge is -2.49. The number of amides is 5. The molecule has 0 bridgehead atoms. The second kappa shape index (κ2) is 9.57. The summed E-state index contributed by atoms with van der Waals surface area (Å²) in [4.78, 5) is 69.4. The molecule has 2 aliphatic heterocycles. The summed E-state index contributed by atoms with van der Waals surface area (Å²) >= 11 is 0. The van der Waals surface area contributed by atoms with Crippen LogP contribution in [0.15, 0.2) is 60.2 Å². The molecule has 6 atom stereocenters. The highest BCUT2D eigenvalue weighted by molar-refractivity contribution is 6.24. The molecule has 0 spiro atoms. The fourth-order valence-corrected chi connectivity index (χ4v) is 7.47. The van der Waals surface area contributed by atoms with E-state index >= 15 is 0 Å². The topological polar surface area (TPSA) is 131 Å². The third-order valence-electron chi connectivity index (χ3n) is 9.26. The van der Waals surface area contributed by atoms with Crippen molar-refractivity contribution in [3.8, 4) is 11.5 Å². The number of rotatable bonds is 4. The minimum Gasteiger partial charge on any atom is -0.504 e. The van der Waals surface area contributed by atoms with Crippen molar-refractivity contribution >= 4 is 35.4 Å². The number of aromatic hydroxyl groups is 1. The summed E-state index contributed by atoms with van der Waals surface area (Å²) < 4.78 is 10.4. The Kier molecular flexibility index (Phi) is 6.24. The Bertz CT molecular complexity index is 1520. The molecule has 10 heteroatoms. The van der Waals surface area contributed by atoms with Gasteiger partial charge in [-0.05, 0) is 62.4 Å². The number of ether oxygens (including phenoxy) is 2. The maximum absolute atomic E-state index is 14.3. The number of likely N-dealkylation sites (tertiary alicyclic amines) is 1. The summed E-state index contributed by atoms with van der Waals surface area (Å²) in [5, 5.41) is 10.4. The zero-order chi connectivity index (χ0) is 29.2. The SMILES string of the molecule is CCOc1cc([C@H]2C3=CC[C@@H]4C(=O)N(C(=O)OC)C(=O)[C@@H]4[C@@H]3C[C@H]3C(=O)N(c4ccccc4)C(=O)[C@@]23C)ccc1O. The molecule has 2 saturated heterocycles. The number of allylic oxidation sites excluding steroid dienone is 2. The molecule has 2 aromatic rings. The van der Waals surface area contributed by atoms with Crippen LogP contribution in [-0.4, -0.2) is 53.4 Å². The fourth-order valence-electron chi connectivity index (χ4n) is 7.47. The lowest BCUT2D eigenvalue weighted by Crippen LogP contribution is -2.49. The molecule has 5 amide bonds. The summed E-state index contributed by atoms with van der Waals surface area (Å²) in [6.45, 7) is 3.87. The van der Waals surface area contributed by atoms with Crippen LogP contribution in [0.2, 0.25) is 0 Å². The third kappa shape index (κ3) is 3.66. The lowest BCUT2D eigenvalue weighted by atomic mass is 9.51. The number of carbonyl (C=O) groups is 5. The first-order valence-electron chi connectivity index (χ1n) is 13.7. The van der Waals surface area contributed by atoms with E-state index in [0.717, 1.165) is 12.7 Å². The van der Waals surface area contributed by atoms with Gasteiger partial charge in [0.1, 0.15) is 0 Å². The Hall–Kier alpha value is -4.47. The Labute approximate surface area is 236 Å². The number of para-hydroxylation sites is 1. The lowest BCUT2D eigenvalue weighted by molar-refractivity contribution is -0.138. The minimum absolute atomic E-state index is 0.0626. The van der Waals surface area contributed by atoms with Crippen LogP contribution in [-0.2, 0) is 23.9 Å². The van der Waals surface area contributed by atoms with E-state index in [9.17, 15) is 29.1 Å². The number of phenols is 1. The van der Waals surface area contributed by atoms with Crippen molar-refractivity contribution in [1.82, 2.24) is 4.90 Å². The van der Waals surface area contributed by atoms with E-state index in [1.807, 2.05) is 6.08 Å². The van der Waals surface area contributed by atoms with E-state index in [2.05, 4.69) is 0 Å². The number of imide groups is 4. The van der Waals surface area contributed by atoms with Crippen molar-refractivity contribution in [2.45, 2.75) is 32.6 Å². The van der Waals surface area contributed by atoms with Gasteiger partial charge in [0.05, 0.1) is 42.6 Å². The Morgan fingerprint density at radius 3 is 2.44 bits per heavy atom. The summed E-state index contributed by atoms with van der Waals surface area (Å²) in [5.41, 5.74) is 0.639. The molecule has 0 aromatic heterocycles. The molecule has 0 radical (unpaired) electrons. The van der Waals surface area contributed by atoms with E-state index in [1.165, 1.54) is 11.0 Å². The number of methoxy groups -OCH3 is 1. The summed E-state index contributed by atoms with van der Waals surface area (Å²) in [5.74, 6) is -5.50. The van der Waals surface area contributed by atoms with Crippen molar-refractivity contribution in [1.29, 1.82) is 0 Å². The fraction of sp³-hybridized carbons (Fsp3) is 0.387. The largest absolute Gasteiger partial charge is 0.504 e. The molecule has 41 heavy (non-hydrogen) atoms. The van der Waals surface area contributed by atoms with Crippen LogP contribution in [0.25, 0.3) is 0 Å². The molecule has 2 aromatic carbocycles. The van der Waals surface area contributed by atoms with Crippen molar-refractivity contribution in [3.63, 3.8) is 0 Å². The first-order chi connectivity index (χ1) is 19.6. The van der Waals surface area contributed by atoms with Crippen LogP contribution in [0.4, 0.5) is 10.5 Å². The van der Waals surface area contributed by atoms with E-state index < -0.39 is 52.9 Å². The van der Waals surface area contributed by atoms with E-state index in [-0.39, 0.29) is 36.2 Å². The first-order valence-corrected chi connectivity index (χ1v) is 13.7. The van der Waals surface area contributed by atoms with Gasteiger partial charge in [0.25, 0.3) is 0 Å². The van der Waals surface area contributed by atoms with Gasteiger partial charge in [-0.2, -0.15) is 4.90 Å². The quantitative estimate of drug-likeness (QED) is 0.443. The van der Waals surface area contributed by atoms with Crippen LogP contribution < -0.4 is 9.64 Å². The summed E-state index contributed by atoms with van der Waals surface area (Å²) in [7, 11) is 1.11. The number of hydrogen-bond acceptors (Lipinski definition) is 8. The van der Waals surface area contributed by atoms with Crippen LogP contribution in [0.5, 0.6) is 11.5 Å². The Balaban J connectivity index is 1.52. The first kappa shape index (κ1) is 26.7. The Morgan fingerprint density at radius 2 is 1.76 bits per heavy atom. The van der Waals surface area contributed by atoms with Crippen molar-refractivity contribution in [2.75, 3.05) is 18.6 Å². The molecule has 212 valence electrons. The average molecular weight is 559 g/mol. The molecule has 0 unspecified atom stereocenters. The van der Waals surface area contributed by atoms with Gasteiger partial charge in [0.2, 0.25) is 23.6 Å². The van der Waals surface area contributed by atoms with Gasteiger partial charge < -0.3 is 14.6 Å². The molecule has 1 saturated carbocycles. The van der Waals surface area contributed by atoms with Crippen LogP contribution in [0.1, 0.15) is 38.2 Å². The van der Waals surface area contributed by atoms with Crippen molar-refractivity contribution < 1.29 is 38.6 Å². The molecular weight excluding hydrogens is 528 g/mol. The van der Waals surface area contributed by atoms with E-state index in [0.29, 0.717) is 22.8 Å². The molecule has 6 rings (SSSR count). The van der Waals surface area contributed by atoms with Crippen LogP contribution >= 0.6 is 0 Å². The molecular formula is C31H30N2O8. The summed E-state index contributed by atoms with van der Waals surface area (Å²) in [6.07, 6.45) is 1.22. The predicted octanol–water partition coefficient (Wildman–Crippen LogP) is 3.79. The molecule has 10 nitrogen and oxygen atoms in total. The van der Waals surface area contributed by atoms with Gasteiger partial charge in [0.15, 0.2) is 11.5 Å². The molecule has 4 aliphatic rings. The van der Waals surface area contributed by atoms with Crippen molar-refractivity contribution in [2.24, 2.45) is 29.1 Å². The van der Waals surface area contributed by atoms with Crippen molar-refractivity contribution in [3.05, 3.63) is 65.7 Å². The molecule has 2 heterocycles. The van der Waals surface area contributed by atoms with Gasteiger partial charge in [0, 0.05) is 5.92 Å². The number of phenolic OH excluding ortho intramolecular Hbond substituents is 1.